The molecule has 0 radical (unpaired) electrons. The number of halogens is 2. The van der Waals surface area contributed by atoms with Gasteiger partial charge in [0, 0.05) is 5.02 Å². The van der Waals surface area contributed by atoms with Crippen molar-refractivity contribution in [3.05, 3.63) is 58.6 Å². The lowest BCUT2D eigenvalue weighted by molar-refractivity contribution is -0.136. The molecule has 2 amide bonds. The minimum absolute atomic E-state index is 0.114. The third-order valence-electron chi connectivity index (χ3n) is 4.70. The van der Waals surface area contributed by atoms with Crippen LogP contribution in [0.3, 0.4) is 0 Å². The Labute approximate surface area is 176 Å². The molecule has 0 N–H and O–H groups in total. The first-order valence-electron chi connectivity index (χ1n) is 8.86. The van der Waals surface area contributed by atoms with Gasteiger partial charge in [0.1, 0.15) is 12.0 Å². The highest BCUT2D eigenvalue weighted by Gasteiger charge is 2.59. The molecular formula is C20H15Cl2N3O4. The minimum atomic E-state index is -1.10. The van der Waals surface area contributed by atoms with Crippen LogP contribution in [-0.2, 0) is 19.1 Å². The average molecular weight is 432 g/mol. The number of nitrogens with zero attached hydrogens (tertiary/aromatic N) is 3. The fraction of sp³-hybridized carbons (Fsp3) is 0.200. The minimum Gasteiger partial charge on any atom is -0.461 e. The van der Waals surface area contributed by atoms with Crippen LogP contribution >= 0.6 is 23.2 Å². The number of carbonyl (C=O) groups is 3. The standard InChI is InChI=1S/C20H15Cl2N3O4/c1-2-29-20(28)16-15-17(25(23-16)12-7-5-6-11(21)10-12)19(27)24(18(15)26)14-9-4-3-8-13(14)22/h3-10,15,17H,2H2,1H3/t15-,17-/m1/s1. The Morgan fingerprint density at radius 1 is 1.10 bits per heavy atom. The molecule has 2 atom stereocenters. The van der Waals surface area contributed by atoms with Crippen LogP contribution in [0.15, 0.2) is 53.6 Å². The van der Waals surface area contributed by atoms with E-state index in [1.807, 2.05) is 0 Å². The van der Waals surface area contributed by atoms with Crippen LogP contribution in [0.5, 0.6) is 0 Å². The summed E-state index contributed by atoms with van der Waals surface area (Å²) in [5.74, 6) is -2.95. The number of carbonyl (C=O) groups excluding carboxylic acids is 3. The van der Waals surface area contributed by atoms with Crippen LogP contribution in [0.1, 0.15) is 6.92 Å². The van der Waals surface area contributed by atoms with Crippen LogP contribution in [-0.4, -0.2) is 36.1 Å². The van der Waals surface area contributed by atoms with Gasteiger partial charge < -0.3 is 4.74 Å². The van der Waals surface area contributed by atoms with Crippen molar-refractivity contribution in [1.29, 1.82) is 0 Å². The lowest BCUT2D eigenvalue weighted by Crippen LogP contribution is -2.39. The number of para-hydroxylation sites is 1. The van der Waals surface area contributed by atoms with E-state index in [0.29, 0.717) is 10.7 Å². The van der Waals surface area contributed by atoms with Gasteiger partial charge in [-0.15, -0.1) is 0 Å². The Hall–Kier alpha value is -2.90. The maximum atomic E-state index is 13.3. The Kier molecular flexibility index (Phi) is 5.02. The molecule has 2 heterocycles. The highest BCUT2D eigenvalue weighted by atomic mass is 35.5. The van der Waals surface area contributed by atoms with Crippen molar-refractivity contribution in [2.45, 2.75) is 13.0 Å². The van der Waals surface area contributed by atoms with Gasteiger partial charge in [-0.1, -0.05) is 41.4 Å². The first-order valence-corrected chi connectivity index (χ1v) is 9.62. The zero-order valence-electron chi connectivity index (χ0n) is 15.2. The maximum Gasteiger partial charge on any atom is 0.355 e. The fourth-order valence-corrected chi connectivity index (χ4v) is 3.90. The van der Waals surface area contributed by atoms with Gasteiger partial charge in [-0.25, -0.2) is 9.69 Å². The van der Waals surface area contributed by atoms with Crippen LogP contribution in [0, 0.1) is 5.92 Å². The molecule has 2 aliphatic heterocycles. The normalized spacial score (nSPS) is 20.7. The van der Waals surface area contributed by atoms with Gasteiger partial charge >= 0.3 is 5.97 Å². The number of amides is 2. The summed E-state index contributed by atoms with van der Waals surface area (Å²) in [4.78, 5) is 40.0. The summed E-state index contributed by atoms with van der Waals surface area (Å²) in [6.45, 7) is 1.76. The van der Waals surface area contributed by atoms with Crippen molar-refractivity contribution < 1.29 is 19.1 Å². The summed E-state index contributed by atoms with van der Waals surface area (Å²) in [5, 5.41) is 6.29. The van der Waals surface area contributed by atoms with Crippen molar-refractivity contribution >= 4 is 58.1 Å². The van der Waals surface area contributed by atoms with Crippen LogP contribution in [0.25, 0.3) is 0 Å². The molecule has 0 bridgehead atoms. The molecule has 2 aliphatic rings. The second-order valence-electron chi connectivity index (χ2n) is 6.42. The number of hydrazone groups is 1. The number of fused-ring (bicyclic) bond motifs is 1. The highest BCUT2D eigenvalue weighted by Crippen LogP contribution is 2.40. The number of anilines is 2. The van der Waals surface area contributed by atoms with Crippen LogP contribution in [0.4, 0.5) is 11.4 Å². The lowest BCUT2D eigenvalue weighted by atomic mass is 9.98. The first-order chi connectivity index (χ1) is 13.9. The molecule has 2 aromatic carbocycles. The van der Waals surface area contributed by atoms with Crippen molar-refractivity contribution in [3.63, 3.8) is 0 Å². The zero-order chi connectivity index (χ0) is 20.7. The van der Waals surface area contributed by atoms with Gasteiger partial charge in [0.25, 0.3) is 5.91 Å². The van der Waals surface area contributed by atoms with E-state index in [1.165, 1.54) is 5.01 Å². The molecular weight excluding hydrogens is 417 g/mol. The van der Waals surface area contributed by atoms with E-state index < -0.39 is 29.7 Å². The molecule has 1 saturated heterocycles. The summed E-state index contributed by atoms with van der Waals surface area (Å²) < 4.78 is 5.06. The van der Waals surface area contributed by atoms with E-state index in [0.717, 1.165) is 4.90 Å². The second kappa shape index (κ2) is 7.50. The quantitative estimate of drug-likeness (QED) is 0.547. The number of hydrogen-bond acceptors (Lipinski definition) is 6. The van der Waals surface area contributed by atoms with E-state index in [9.17, 15) is 14.4 Å². The molecule has 7 nitrogen and oxygen atoms in total. The van der Waals surface area contributed by atoms with Gasteiger partial charge in [0.15, 0.2) is 5.71 Å². The molecule has 0 unspecified atom stereocenters. The average Bonchev–Trinajstić information content (AvgIpc) is 3.20. The first kappa shape index (κ1) is 19.4. The third kappa shape index (κ3) is 3.16. The largest absolute Gasteiger partial charge is 0.461 e. The molecule has 1 fully saturated rings. The number of ether oxygens (including phenoxy) is 1. The number of hydrogen-bond donors (Lipinski definition) is 0. The maximum absolute atomic E-state index is 13.3. The Balaban J connectivity index is 1.82. The number of esters is 1. The van der Waals surface area contributed by atoms with E-state index in [2.05, 4.69) is 5.10 Å². The molecule has 2 aromatic rings. The SMILES string of the molecule is CCOC(=O)C1=NN(c2cccc(Cl)c2)[C@H]2C(=O)N(c3ccccc3Cl)C(=O)[C@H]12. The predicted octanol–water partition coefficient (Wildman–Crippen LogP) is 3.29. The number of benzene rings is 2. The van der Waals surface area contributed by atoms with Crippen LogP contribution < -0.4 is 9.91 Å². The van der Waals surface area contributed by atoms with Gasteiger partial charge in [-0.2, -0.15) is 5.10 Å². The molecule has 29 heavy (non-hydrogen) atoms. The van der Waals surface area contributed by atoms with E-state index >= 15 is 0 Å². The molecule has 9 heteroatoms. The van der Waals surface area contributed by atoms with Crippen molar-refractivity contribution in [3.8, 4) is 0 Å². The Morgan fingerprint density at radius 3 is 2.55 bits per heavy atom. The summed E-state index contributed by atoms with van der Waals surface area (Å²) in [7, 11) is 0. The van der Waals surface area contributed by atoms with Gasteiger partial charge in [0.05, 0.1) is 23.0 Å². The van der Waals surface area contributed by atoms with Gasteiger partial charge in [0.2, 0.25) is 5.91 Å². The van der Waals surface area contributed by atoms with Gasteiger partial charge in [-0.05, 0) is 37.3 Å². The summed E-state index contributed by atoms with van der Waals surface area (Å²) in [6.07, 6.45) is 0. The summed E-state index contributed by atoms with van der Waals surface area (Å²) in [6, 6.07) is 12.2. The molecule has 4 rings (SSSR count). The summed E-state index contributed by atoms with van der Waals surface area (Å²) >= 11 is 12.3. The van der Waals surface area contributed by atoms with E-state index in [-0.39, 0.29) is 23.0 Å². The topological polar surface area (TPSA) is 79.3 Å². The molecule has 0 saturated carbocycles. The zero-order valence-corrected chi connectivity index (χ0v) is 16.7. The lowest BCUT2D eigenvalue weighted by Gasteiger charge is -2.22. The smallest absolute Gasteiger partial charge is 0.355 e. The van der Waals surface area contributed by atoms with Crippen LogP contribution in [0.2, 0.25) is 10.0 Å². The number of imide groups is 1. The highest BCUT2D eigenvalue weighted by molar-refractivity contribution is 6.48. The second-order valence-corrected chi connectivity index (χ2v) is 7.26. The molecule has 0 spiro atoms. The van der Waals surface area contributed by atoms with Crippen molar-refractivity contribution in [2.24, 2.45) is 11.0 Å². The Bertz CT molecular complexity index is 1060. The monoisotopic (exact) mass is 431 g/mol. The molecule has 148 valence electrons. The van der Waals surface area contributed by atoms with Crippen molar-refractivity contribution in [2.75, 3.05) is 16.5 Å². The Morgan fingerprint density at radius 2 is 1.86 bits per heavy atom. The van der Waals surface area contributed by atoms with Gasteiger partial charge in [-0.3, -0.25) is 14.6 Å². The summed E-state index contributed by atoms with van der Waals surface area (Å²) in [5.41, 5.74) is 0.617. The third-order valence-corrected chi connectivity index (χ3v) is 5.25. The molecule has 0 aliphatic carbocycles. The number of rotatable bonds is 4. The van der Waals surface area contributed by atoms with E-state index in [1.54, 1.807) is 55.5 Å². The molecule has 0 aromatic heterocycles. The van der Waals surface area contributed by atoms with Crippen molar-refractivity contribution in [1.82, 2.24) is 0 Å². The van der Waals surface area contributed by atoms with E-state index in [4.69, 9.17) is 27.9 Å². The fourth-order valence-electron chi connectivity index (χ4n) is 3.49. The predicted molar refractivity (Wildman–Crippen MR) is 109 cm³/mol.